The van der Waals surface area contributed by atoms with E-state index in [0.717, 1.165) is 4.88 Å². The Bertz CT molecular complexity index is 693. The second kappa shape index (κ2) is 6.24. The maximum absolute atomic E-state index is 12.0. The standard InChI is InChI=1S/C14H13ClN2O3S/c1-8-5-11(21-9(8)2)7-16-14(18)10-3-4-12(15)13(6-10)17(19)20/h3-6H,7H2,1-2H3,(H,16,18). The van der Waals surface area contributed by atoms with Crippen LogP contribution in [0, 0.1) is 24.0 Å². The van der Waals surface area contributed by atoms with Gasteiger partial charge in [-0.25, -0.2) is 0 Å². The van der Waals surface area contributed by atoms with Crippen LogP contribution in [0.25, 0.3) is 0 Å². The Morgan fingerprint density at radius 1 is 1.38 bits per heavy atom. The highest BCUT2D eigenvalue weighted by atomic mass is 35.5. The summed E-state index contributed by atoms with van der Waals surface area (Å²) >= 11 is 7.34. The van der Waals surface area contributed by atoms with Crippen molar-refractivity contribution in [1.82, 2.24) is 5.32 Å². The molecule has 0 aliphatic carbocycles. The van der Waals surface area contributed by atoms with Crippen molar-refractivity contribution in [3.05, 3.63) is 60.3 Å². The molecule has 0 bridgehead atoms. The van der Waals surface area contributed by atoms with E-state index in [1.807, 2.05) is 19.9 Å². The van der Waals surface area contributed by atoms with Gasteiger partial charge in [-0.3, -0.25) is 14.9 Å². The summed E-state index contributed by atoms with van der Waals surface area (Å²) in [6, 6.07) is 6.02. The Kier molecular flexibility index (Phi) is 4.59. The van der Waals surface area contributed by atoms with Gasteiger partial charge in [0, 0.05) is 21.4 Å². The summed E-state index contributed by atoms with van der Waals surface area (Å²) in [5.41, 5.74) is 1.13. The first kappa shape index (κ1) is 15.5. The van der Waals surface area contributed by atoms with Crippen molar-refractivity contribution in [3.63, 3.8) is 0 Å². The summed E-state index contributed by atoms with van der Waals surface area (Å²) in [6.07, 6.45) is 0. The molecular weight excluding hydrogens is 312 g/mol. The molecule has 5 nitrogen and oxygen atoms in total. The smallest absolute Gasteiger partial charge is 0.288 e. The van der Waals surface area contributed by atoms with E-state index >= 15 is 0 Å². The van der Waals surface area contributed by atoms with Crippen molar-refractivity contribution in [2.45, 2.75) is 20.4 Å². The molecule has 0 saturated carbocycles. The molecule has 1 aromatic carbocycles. The topological polar surface area (TPSA) is 72.2 Å². The average molecular weight is 325 g/mol. The Balaban J connectivity index is 2.10. The van der Waals surface area contributed by atoms with Crippen LogP contribution in [0.15, 0.2) is 24.3 Å². The van der Waals surface area contributed by atoms with Crippen LogP contribution in [-0.4, -0.2) is 10.8 Å². The normalized spacial score (nSPS) is 10.4. The lowest BCUT2D eigenvalue weighted by Gasteiger charge is -2.04. The van der Waals surface area contributed by atoms with Crippen molar-refractivity contribution in [1.29, 1.82) is 0 Å². The molecule has 110 valence electrons. The van der Waals surface area contributed by atoms with Crippen LogP contribution < -0.4 is 5.32 Å². The van der Waals surface area contributed by atoms with Crippen LogP contribution >= 0.6 is 22.9 Å². The number of carbonyl (C=O) groups is 1. The quantitative estimate of drug-likeness (QED) is 0.685. The maximum Gasteiger partial charge on any atom is 0.288 e. The van der Waals surface area contributed by atoms with Crippen LogP contribution in [0.5, 0.6) is 0 Å². The zero-order valence-corrected chi connectivity index (χ0v) is 13.0. The van der Waals surface area contributed by atoms with Crippen LogP contribution in [0.2, 0.25) is 5.02 Å². The molecule has 0 radical (unpaired) electrons. The fraction of sp³-hybridized carbons (Fsp3) is 0.214. The number of benzene rings is 1. The number of rotatable bonds is 4. The Morgan fingerprint density at radius 2 is 2.10 bits per heavy atom. The molecule has 0 aliphatic rings. The molecule has 0 fully saturated rings. The van der Waals surface area contributed by atoms with E-state index in [1.54, 1.807) is 11.3 Å². The predicted molar refractivity (Wildman–Crippen MR) is 83.1 cm³/mol. The minimum atomic E-state index is -0.606. The van der Waals surface area contributed by atoms with Gasteiger partial charge in [0.15, 0.2) is 0 Å². The van der Waals surface area contributed by atoms with Gasteiger partial charge in [-0.1, -0.05) is 11.6 Å². The van der Waals surface area contributed by atoms with Crippen LogP contribution in [0.1, 0.15) is 25.7 Å². The van der Waals surface area contributed by atoms with E-state index in [9.17, 15) is 14.9 Å². The first-order valence-corrected chi connectivity index (χ1v) is 7.36. The number of thiophene rings is 1. The van der Waals surface area contributed by atoms with Gasteiger partial charge in [0.1, 0.15) is 5.02 Å². The maximum atomic E-state index is 12.0. The summed E-state index contributed by atoms with van der Waals surface area (Å²) in [5, 5.41) is 13.6. The van der Waals surface area contributed by atoms with Crippen LogP contribution in [0.4, 0.5) is 5.69 Å². The average Bonchev–Trinajstić information content (AvgIpc) is 2.75. The SMILES string of the molecule is Cc1cc(CNC(=O)c2ccc(Cl)c([N+](=O)[O-])c2)sc1C. The molecule has 0 unspecified atom stereocenters. The van der Waals surface area contributed by atoms with E-state index in [1.165, 1.54) is 28.6 Å². The van der Waals surface area contributed by atoms with Gasteiger partial charge < -0.3 is 5.32 Å². The van der Waals surface area contributed by atoms with Crippen molar-refractivity contribution in [2.24, 2.45) is 0 Å². The molecule has 1 N–H and O–H groups in total. The minimum absolute atomic E-state index is 0.0149. The molecule has 2 rings (SSSR count). The van der Waals surface area contributed by atoms with E-state index < -0.39 is 4.92 Å². The van der Waals surface area contributed by atoms with Gasteiger partial charge in [-0.15, -0.1) is 11.3 Å². The number of aryl methyl sites for hydroxylation is 2. The van der Waals surface area contributed by atoms with Gasteiger partial charge in [-0.2, -0.15) is 0 Å². The fourth-order valence-corrected chi connectivity index (χ4v) is 2.98. The molecule has 0 atom stereocenters. The number of halogens is 1. The third-order valence-electron chi connectivity index (χ3n) is 3.05. The molecule has 1 amide bonds. The highest BCUT2D eigenvalue weighted by Gasteiger charge is 2.16. The second-order valence-electron chi connectivity index (χ2n) is 4.56. The molecule has 2 aromatic rings. The van der Waals surface area contributed by atoms with Gasteiger partial charge >= 0.3 is 0 Å². The number of nitrogens with one attached hydrogen (secondary N) is 1. The number of amides is 1. The van der Waals surface area contributed by atoms with Crippen molar-refractivity contribution in [2.75, 3.05) is 0 Å². The number of nitro groups is 1. The highest BCUT2D eigenvalue weighted by Crippen LogP contribution is 2.25. The summed E-state index contributed by atoms with van der Waals surface area (Å²) in [4.78, 5) is 24.5. The molecule has 21 heavy (non-hydrogen) atoms. The summed E-state index contributed by atoms with van der Waals surface area (Å²) in [6.45, 7) is 4.43. The fourth-order valence-electron chi connectivity index (χ4n) is 1.80. The summed E-state index contributed by atoms with van der Waals surface area (Å²) < 4.78 is 0. The molecule has 0 spiro atoms. The number of nitrogens with zero attached hydrogens (tertiary/aromatic N) is 1. The molecule has 0 saturated heterocycles. The highest BCUT2D eigenvalue weighted by molar-refractivity contribution is 7.12. The van der Waals surface area contributed by atoms with Gasteiger partial charge in [-0.05, 0) is 37.6 Å². The van der Waals surface area contributed by atoms with Crippen LogP contribution in [-0.2, 0) is 6.54 Å². The first-order valence-electron chi connectivity index (χ1n) is 6.16. The summed E-state index contributed by atoms with van der Waals surface area (Å²) in [5.74, 6) is -0.363. The van der Waals surface area contributed by atoms with E-state index in [4.69, 9.17) is 11.6 Å². The zero-order chi connectivity index (χ0) is 15.6. The largest absolute Gasteiger partial charge is 0.347 e. The number of hydrogen-bond acceptors (Lipinski definition) is 4. The third kappa shape index (κ3) is 3.59. The molecule has 1 heterocycles. The second-order valence-corrected chi connectivity index (χ2v) is 6.31. The molecule has 7 heteroatoms. The first-order chi connectivity index (χ1) is 9.88. The lowest BCUT2D eigenvalue weighted by molar-refractivity contribution is -0.384. The minimum Gasteiger partial charge on any atom is -0.347 e. The van der Waals surface area contributed by atoms with Crippen molar-refractivity contribution in [3.8, 4) is 0 Å². The van der Waals surface area contributed by atoms with Crippen LogP contribution in [0.3, 0.4) is 0 Å². The number of carbonyl (C=O) groups excluding carboxylic acids is 1. The number of hydrogen-bond donors (Lipinski definition) is 1. The Hall–Kier alpha value is -1.92. The molecule has 0 aliphatic heterocycles. The monoisotopic (exact) mass is 324 g/mol. The number of nitro benzene ring substituents is 1. The van der Waals surface area contributed by atoms with Gasteiger partial charge in [0.05, 0.1) is 11.5 Å². The Labute approximate surface area is 130 Å². The van der Waals surface area contributed by atoms with Crippen molar-refractivity contribution < 1.29 is 9.72 Å². The predicted octanol–water partition coefficient (Wildman–Crippen LogP) is 3.86. The van der Waals surface area contributed by atoms with E-state index in [2.05, 4.69) is 5.32 Å². The zero-order valence-electron chi connectivity index (χ0n) is 11.5. The van der Waals surface area contributed by atoms with E-state index in [0.29, 0.717) is 6.54 Å². The molecule has 1 aromatic heterocycles. The lowest BCUT2D eigenvalue weighted by atomic mass is 10.2. The van der Waals surface area contributed by atoms with E-state index in [-0.39, 0.29) is 22.2 Å². The third-order valence-corrected chi connectivity index (χ3v) is 4.52. The van der Waals surface area contributed by atoms with Gasteiger partial charge in [0.25, 0.3) is 11.6 Å². The summed E-state index contributed by atoms with van der Waals surface area (Å²) in [7, 11) is 0. The van der Waals surface area contributed by atoms with Crippen molar-refractivity contribution >= 4 is 34.5 Å². The van der Waals surface area contributed by atoms with Gasteiger partial charge in [0.2, 0.25) is 0 Å². The molecular formula is C14H13ClN2O3S. The Morgan fingerprint density at radius 3 is 2.67 bits per heavy atom. The lowest BCUT2D eigenvalue weighted by Crippen LogP contribution is -2.22.